The number of carboxylic acids is 1. The number of hydrogen-bond acceptors (Lipinski definition) is 2. The Kier molecular flexibility index (Phi) is 4.91. The molecule has 1 unspecified atom stereocenters. The predicted octanol–water partition coefficient (Wildman–Crippen LogP) is 2.97. The lowest BCUT2D eigenvalue weighted by Crippen LogP contribution is -2.37. The van der Waals surface area contributed by atoms with Gasteiger partial charge in [-0.1, -0.05) is 49.4 Å². The van der Waals surface area contributed by atoms with Gasteiger partial charge in [0, 0.05) is 0 Å². The first-order chi connectivity index (χ1) is 8.08. The predicted molar refractivity (Wildman–Crippen MR) is 67.8 cm³/mol. The van der Waals surface area contributed by atoms with E-state index in [4.69, 9.17) is 9.84 Å². The van der Waals surface area contributed by atoms with Crippen LogP contribution in [0.25, 0.3) is 6.08 Å². The van der Waals surface area contributed by atoms with E-state index >= 15 is 0 Å². The zero-order chi connectivity index (χ0) is 12.7. The Hall–Kier alpha value is -1.61. The van der Waals surface area contributed by atoms with Crippen molar-refractivity contribution in [3.63, 3.8) is 0 Å². The van der Waals surface area contributed by atoms with Gasteiger partial charge in [-0.2, -0.15) is 0 Å². The highest BCUT2D eigenvalue weighted by molar-refractivity contribution is 5.76. The van der Waals surface area contributed by atoms with Crippen molar-refractivity contribution in [1.82, 2.24) is 0 Å². The lowest BCUT2D eigenvalue weighted by Gasteiger charge is -2.22. The minimum atomic E-state index is -1.10. The number of carboxylic acid groups (broad SMARTS) is 1. The minimum absolute atomic E-state index is 0.297. The summed E-state index contributed by atoms with van der Waals surface area (Å²) >= 11 is 0. The minimum Gasteiger partial charge on any atom is -0.479 e. The van der Waals surface area contributed by atoms with E-state index in [0.29, 0.717) is 13.0 Å². The molecule has 1 aromatic rings. The van der Waals surface area contributed by atoms with E-state index in [2.05, 4.69) is 0 Å². The van der Waals surface area contributed by atoms with E-state index in [1.165, 1.54) is 0 Å². The van der Waals surface area contributed by atoms with Gasteiger partial charge in [0.1, 0.15) is 0 Å². The first-order valence-electron chi connectivity index (χ1n) is 5.67. The largest absolute Gasteiger partial charge is 0.479 e. The van der Waals surface area contributed by atoms with Gasteiger partial charge in [-0.15, -0.1) is 0 Å². The van der Waals surface area contributed by atoms with Crippen molar-refractivity contribution in [3.05, 3.63) is 42.0 Å². The van der Waals surface area contributed by atoms with Gasteiger partial charge in [0.25, 0.3) is 0 Å². The standard InChI is InChI=1S/C14H18O3/c1-3-14(2,13(15)16)17-11-7-10-12-8-5-4-6-9-12/h4-10H,3,11H2,1-2H3,(H,15,16)/b10-7+. The highest BCUT2D eigenvalue weighted by atomic mass is 16.5. The van der Waals surface area contributed by atoms with Crippen LogP contribution in [0.2, 0.25) is 0 Å². The Labute approximate surface area is 102 Å². The average molecular weight is 234 g/mol. The molecule has 0 radical (unpaired) electrons. The molecule has 1 N–H and O–H groups in total. The monoisotopic (exact) mass is 234 g/mol. The van der Waals surface area contributed by atoms with Crippen molar-refractivity contribution in [1.29, 1.82) is 0 Å². The third-order valence-corrected chi connectivity index (χ3v) is 2.74. The molecule has 0 saturated carbocycles. The second-order valence-corrected chi connectivity index (χ2v) is 4.01. The quantitative estimate of drug-likeness (QED) is 0.823. The fourth-order valence-electron chi connectivity index (χ4n) is 1.30. The molecule has 0 bridgehead atoms. The Morgan fingerprint density at radius 1 is 1.41 bits per heavy atom. The van der Waals surface area contributed by atoms with E-state index < -0.39 is 11.6 Å². The number of aliphatic carboxylic acids is 1. The second kappa shape index (κ2) is 6.21. The van der Waals surface area contributed by atoms with Crippen molar-refractivity contribution in [3.8, 4) is 0 Å². The first-order valence-corrected chi connectivity index (χ1v) is 5.67. The SMILES string of the molecule is CCC(C)(OC/C=C/c1ccccc1)C(=O)O. The summed E-state index contributed by atoms with van der Waals surface area (Å²) in [5, 5.41) is 9.00. The molecule has 0 aliphatic carbocycles. The summed E-state index contributed by atoms with van der Waals surface area (Å²) < 4.78 is 5.38. The summed E-state index contributed by atoms with van der Waals surface area (Å²) in [5.41, 5.74) is -0.0225. The fraction of sp³-hybridized carbons (Fsp3) is 0.357. The van der Waals surface area contributed by atoms with Crippen molar-refractivity contribution in [2.45, 2.75) is 25.9 Å². The van der Waals surface area contributed by atoms with Gasteiger partial charge < -0.3 is 9.84 Å². The van der Waals surface area contributed by atoms with Gasteiger partial charge in [0.15, 0.2) is 5.60 Å². The topological polar surface area (TPSA) is 46.5 Å². The Bertz CT molecular complexity index is 384. The Balaban J connectivity index is 2.47. The Morgan fingerprint density at radius 2 is 2.06 bits per heavy atom. The molecule has 1 atom stereocenters. The van der Waals surface area contributed by atoms with Crippen molar-refractivity contribution >= 4 is 12.0 Å². The molecule has 0 saturated heterocycles. The van der Waals surface area contributed by atoms with Gasteiger partial charge in [-0.25, -0.2) is 4.79 Å². The fourth-order valence-corrected chi connectivity index (χ4v) is 1.30. The molecule has 0 heterocycles. The number of benzene rings is 1. The molecule has 0 aromatic heterocycles. The average Bonchev–Trinajstić information content (AvgIpc) is 2.35. The van der Waals surface area contributed by atoms with Gasteiger partial charge in [0.05, 0.1) is 6.61 Å². The van der Waals surface area contributed by atoms with Crippen LogP contribution in [0.4, 0.5) is 0 Å². The maximum atomic E-state index is 11.0. The van der Waals surface area contributed by atoms with Crippen LogP contribution in [0.3, 0.4) is 0 Å². The van der Waals surface area contributed by atoms with Gasteiger partial charge in [-0.3, -0.25) is 0 Å². The number of rotatable bonds is 6. The van der Waals surface area contributed by atoms with Crippen LogP contribution in [0, 0.1) is 0 Å². The number of ether oxygens (including phenoxy) is 1. The zero-order valence-electron chi connectivity index (χ0n) is 10.2. The van der Waals surface area contributed by atoms with Crippen LogP contribution in [-0.2, 0) is 9.53 Å². The van der Waals surface area contributed by atoms with E-state index in [9.17, 15) is 4.79 Å². The van der Waals surface area contributed by atoms with Crippen LogP contribution in [-0.4, -0.2) is 23.3 Å². The van der Waals surface area contributed by atoms with Crippen LogP contribution in [0.1, 0.15) is 25.8 Å². The maximum absolute atomic E-state index is 11.0. The van der Waals surface area contributed by atoms with Crippen LogP contribution >= 0.6 is 0 Å². The summed E-state index contributed by atoms with van der Waals surface area (Å²) in [6.45, 7) is 3.69. The van der Waals surface area contributed by atoms with Crippen LogP contribution < -0.4 is 0 Å². The lowest BCUT2D eigenvalue weighted by atomic mass is 10.0. The molecule has 92 valence electrons. The molecule has 0 aliphatic heterocycles. The molecule has 17 heavy (non-hydrogen) atoms. The Morgan fingerprint density at radius 3 is 2.59 bits per heavy atom. The number of carbonyl (C=O) groups is 1. The highest BCUT2D eigenvalue weighted by Gasteiger charge is 2.31. The molecule has 0 spiro atoms. The van der Waals surface area contributed by atoms with Crippen molar-refractivity contribution in [2.75, 3.05) is 6.61 Å². The van der Waals surface area contributed by atoms with Gasteiger partial charge in [-0.05, 0) is 18.9 Å². The summed E-state index contributed by atoms with van der Waals surface area (Å²) in [5.74, 6) is -0.923. The van der Waals surface area contributed by atoms with Crippen LogP contribution in [0.15, 0.2) is 36.4 Å². The lowest BCUT2D eigenvalue weighted by molar-refractivity contribution is -0.162. The first kappa shape index (κ1) is 13.5. The normalized spacial score (nSPS) is 14.7. The van der Waals surface area contributed by atoms with Gasteiger partial charge >= 0.3 is 5.97 Å². The molecule has 0 aliphatic rings. The van der Waals surface area contributed by atoms with Crippen molar-refractivity contribution < 1.29 is 14.6 Å². The maximum Gasteiger partial charge on any atom is 0.335 e. The van der Waals surface area contributed by atoms with Crippen molar-refractivity contribution in [2.24, 2.45) is 0 Å². The summed E-state index contributed by atoms with van der Waals surface area (Å²) in [7, 11) is 0. The van der Waals surface area contributed by atoms with E-state index in [1.807, 2.05) is 42.5 Å². The van der Waals surface area contributed by atoms with E-state index in [-0.39, 0.29) is 0 Å². The van der Waals surface area contributed by atoms with Gasteiger partial charge in [0.2, 0.25) is 0 Å². The number of hydrogen-bond donors (Lipinski definition) is 1. The molecule has 0 amide bonds. The molecular weight excluding hydrogens is 216 g/mol. The molecular formula is C14H18O3. The van der Waals surface area contributed by atoms with E-state index in [0.717, 1.165) is 5.56 Å². The summed E-state index contributed by atoms with van der Waals surface area (Å²) in [6, 6.07) is 9.81. The smallest absolute Gasteiger partial charge is 0.335 e. The zero-order valence-corrected chi connectivity index (χ0v) is 10.2. The molecule has 0 fully saturated rings. The summed E-state index contributed by atoms with van der Waals surface area (Å²) in [6.07, 6.45) is 4.19. The van der Waals surface area contributed by atoms with E-state index in [1.54, 1.807) is 13.8 Å². The molecule has 1 rings (SSSR count). The second-order valence-electron chi connectivity index (χ2n) is 4.01. The highest BCUT2D eigenvalue weighted by Crippen LogP contribution is 2.15. The molecule has 1 aromatic carbocycles. The molecule has 3 nitrogen and oxygen atoms in total. The van der Waals surface area contributed by atoms with Crippen LogP contribution in [0.5, 0.6) is 0 Å². The molecule has 3 heteroatoms. The summed E-state index contributed by atoms with van der Waals surface area (Å²) in [4.78, 5) is 11.0. The third kappa shape index (κ3) is 4.04. The third-order valence-electron chi connectivity index (χ3n) is 2.74.